The van der Waals surface area contributed by atoms with Crippen LogP contribution in [0, 0.1) is 6.92 Å². The molecule has 0 atom stereocenters. The van der Waals surface area contributed by atoms with Crippen molar-refractivity contribution in [2.24, 2.45) is 0 Å². The van der Waals surface area contributed by atoms with Crippen molar-refractivity contribution in [1.29, 1.82) is 0 Å². The lowest BCUT2D eigenvalue weighted by atomic mass is 9.95. The Bertz CT molecular complexity index is 1770. The van der Waals surface area contributed by atoms with Gasteiger partial charge in [-0.25, -0.2) is 0 Å². The number of fused-ring (bicyclic) bond motifs is 3. The number of rotatable bonds is 14. The lowest BCUT2D eigenvalue weighted by molar-refractivity contribution is 0.556. The lowest BCUT2D eigenvalue weighted by Gasteiger charge is -2.12. The van der Waals surface area contributed by atoms with Gasteiger partial charge in [0.1, 0.15) is 0 Å². The molecule has 0 aliphatic carbocycles. The number of nitrogens with zero attached hydrogens (tertiary/aromatic N) is 1. The van der Waals surface area contributed by atoms with Gasteiger partial charge in [-0.3, -0.25) is 0 Å². The van der Waals surface area contributed by atoms with Gasteiger partial charge in [-0.1, -0.05) is 155 Å². The van der Waals surface area contributed by atoms with Gasteiger partial charge in [-0.2, -0.15) is 0 Å². The fraction of sp³-hybridized carbons (Fsp3) is 0.302. The normalized spacial score (nSPS) is 11.5. The summed E-state index contributed by atoms with van der Waals surface area (Å²) in [6, 6.07) is 42.7. The van der Waals surface area contributed by atoms with E-state index in [-0.39, 0.29) is 0 Å². The van der Waals surface area contributed by atoms with Gasteiger partial charge in [0, 0.05) is 16.5 Å². The second-order valence-corrected chi connectivity index (χ2v) is 12.6. The van der Waals surface area contributed by atoms with Crippen LogP contribution in [0.15, 0.2) is 115 Å². The monoisotopic (exact) mass is 577 g/mol. The molecular weight excluding hydrogens is 530 g/mol. The summed E-state index contributed by atoms with van der Waals surface area (Å²) in [7, 11) is 0. The molecule has 224 valence electrons. The summed E-state index contributed by atoms with van der Waals surface area (Å²) in [5.74, 6) is 0. The van der Waals surface area contributed by atoms with Crippen molar-refractivity contribution in [2.45, 2.75) is 84.5 Å². The number of unbranched alkanes of at least 4 members (excludes halogenated alkanes) is 9. The molecule has 0 fully saturated rings. The van der Waals surface area contributed by atoms with Crippen LogP contribution in [0.5, 0.6) is 0 Å². The summed E-state index contributed by atoms with van der Waals surface area (Å²) in [6.45, 7) is 4.53. The maximum absolute atomic E-state index is 2.42. The van der Waals surface area contributed by atoms with Gasteiger partial charge in [-0.05, 0) is 77.9 Å². The van der Waals surface area contributed by atoms with Crippen molar-refractivity contribution in [2.75, 3.05) is 0 Å². The van der Waals surface area contributed by atoms with E-state index < -0.39 is 0 Å². The molecule has 0 radical (unpaired) electrons. The molecule has 0 N–H and O–H groups in total. The zero-order valence-electron chi connectivity index (χ0n) is 26.7. The van der Waals surface area contributed by atoms with E-state index in [0.29, 0.717) is 0 Å². The average molecular weight is 578 g/mol. The smallest absolute Gasteiger partial charge is 0.0541 e. The second-order valence-electron chi connectivity index (χ2n) is 12.6. The molecule has 0 saturated heterocycles. The molecule has 1 aromatic heterocycles. The van der Waals surface area contributed by atoms with Crippen molar-refractivity contribution in [3.05, 3.63) is 126 Å². The Kier molecular flexibility index (Phi) is 9.93. The standard InChI is InChI=1S/C43H47N/c1-3-4-5-6-7-8-9-10-11-12-19-34-28-33(2)29-38(30-34)36-21-17-20-35(31-36)37-22-18-23-39(32-37)44-42-26-15-13-24-40(42)41-25-14-16-27-43(41)44/h13-18,20-32H,3-12,19H2,1-2H3. The largest absolute Gasteiger partial charge is 0.309 e. The number of hydrogen-bond donors (Lipinski definition) is 0. The molecule has 0 amide bonds. The first-order valence-electron chi connectivity index (χ1n) is 17.0. The molecule has 0 saturated carbocycles. The molecule has 0 aliphatic heterocycles. The minimum atomic E-state index is 1.17. The maximum Gasteiger partial charge on any atom is 0.0541 e. The summed E-state index contributed by atoms with van der Waals surface area (Å²) >= 11 is 0. The van der Waals surface area contributed by atoms with E-state index in [1.165, 1.54) is 132 Å². The van der Waals surface area contributed by atoms with Crippen LogP contribution in [0.1, 0.15) is 82.3 Å². The van der Waals surface area contributed by atoms with Gasteiger partial charge < -0.3 is 4.57 Å². The zero-order valence-corrected chi connectivity index (χ0v) is 26.7. The predicted octanol–water partition coefficient (Wildman–Crippen LogP) is 12.9. The number of hydrogen-bond acceptors (Lipinski definition) is 0. The number of aromatic nitrogens is 1. The zero-order chi connectivity index (χ0) is 30.1. The quantitative estimate of drug-likeness (QED) is 0.113. The van der Waals surface area contributed by atoms with Gasteiger partial charge in [0.2, 0.25) is 0 Å². The van der Waals surface area contributed by atoms with Gasteiger partial charge in [0.15, 0.2) is 0 Å². The Morgan fingerprint density at radius 3 is 1.66 bits per heavy atom. The molecule has 1 heterocycles. The molecule has 1 heteroatoms. The lowest BCUT2D eigenvalue weighted by Crippen LogP contribution is -1.94. The van der Waals surface area contributed by atoms with Crippen LogP contribution in [0.3, 0.4) is 0 Å². The Hall–Kier alpha value is -4.10. The Labute approximate surface area is 264 Å². The first kappa shape index (κ1) is 29.9. The van der Waals surface area contributed by atoms with Crippen LogP contribution in [0.25, 0.3) is 49.7 Å². The third kappa shape index (κ3) is 6.99. The van der Waals surface area contributed by atoms with Crippen LogP contribution in [-0.2, 0) is 6.42 Å². The second kappa shape index (κ2) is 14.6. The predicted molar refractivity (Wildman–Crippen MR) is 192 cm³/mol. The van der Waals surface area contributed by atoms with Crippen LogP contribution in [-0.4, -0.2) is 4.57 Å². The molecule has 0 bridgehead atoms. The SMILES string of the molecule is CCCCCCCCCCCCc1cc(C)cc(-c2cccc(-c3cccc(-n4c5ccccc5c5ccccc54)c3)c2)c1. The highest BCUT2D eigenvalue weighted by atomic mass is 15.0. The van der Waals surface area contributed by atoms with Gasteiger partial charge >= 0.3 is 0 Å². The topological polar surface area (TPSA) is 4.93 Å². The minimum absolute atomic E-state index is 1.17. The van der Waals surface area contributed by atoms with Crippen LogP contribution in [0.4, 0.5) is 0 Å². The van der Waals surface area contributed by atoms with Gasteiger partial charge in [0.05, 0.1) is 11.0 Å². The molecule has 0 unspecified atom stereocenters. The Morgan fingerprint density at radius 2 is 1.00 bits per heavy atom. The highest BCUT2D eigenvalue weighted by Crippen LogP contribution is 2.34. The van der Waals surface area contributed by atoms with E-state index in [9.17, 15) is 0 Å². The third-order valence-corrected chi connectivity index (χ3v) is 9.17. The fourth-order valence-electron chi connectivity index (χ4n) is 6.89. The van der Waals surface area contributed by atoms with Crippen molar-refractivity contribution >= 4 is 21.8 Å². The molecule has 44 heavy (non-hydrogen) atoms. The van der Waals surface area contributed by atoms with Crippen molar-refractivity contribution in [3.8, 4) is 27.9 Å². The number of benzene rings is 5. The highest BCUT2D eigenvalue weighted by molar-refractivity contribution is 6.09. The van der Waals surface area contributed by atoms with Gasteiger partial charge in [-0.15, -0.1) is 0 Å². The van der Waals surface area contributed by atoms with Crippen molar-refractivity contribution in [3.63, 3.8) is 0 Å². The van der Waals surface area contributed by atoms with Crippen LogP contribution < -0.4 is 0 Å². The molecule has 1 nitrogen and oxygen atoms in total. The number of para-hydroxylation sites is 2. The summed E-state index contributed by atoms with van der Waals surface area (Å²) in [5, 5.41) is 2.59. The fourth-order valence-corrected chi connectivity index (χ4v) is 6.89. The third-order valence-electron chi connectivity index (χ3n) is 9.17. The highest BCUT2D eigenvalue weighted by Gasteiger charge is 2.12. The molecule has 5 aromatic carbocycles. The van der Waals surface area contributed by atoms with E-state index in [2.05, 4.69) is 134 Å². The van der Waals surface area contributed by atoms with Crippen molar-refractivity contribution < 1.29 is 0 Å². The molecule has 0 aliphatic rings. The first-order valence-corrected chi connectivity index (χ1v) is 17.0. The number of aryl methyl sites for hydroxylation is 2. The summed E-state index contributed by atoms with van der Waals surface area (Å²) < 4.78 is 2.40. The Balaban J connectivity index is 1.17. The van der Waals surface area contributed by atoms with E-state index in [1.807, 2.05) is 0 Å². The summed E-state index contributed by atoms with van der Waals surface area (Å²) in [5.41, 5.74) is 11.6. The maximum atomic E-state index is 2.42. The van der Waals surface area contributed by atoms with E-state index >= 15 is 0 Å². The average Bonchev–Trinajstić information content (AvgIpc) is 3.40. The van der Waals surface area contributed by atoms with Crippen LogP contribution >= 0.6 is 0 Å². The summed E-state index contributed by atoms with van der Waals surface area (Å²) in [4.78, 5) is 0. The van der Waals surface area contributed by atoms with E-state index in [1.54, 1.807) is 0 Å². The van der Waals surface area contributed by atoms with Crippen molar-refractivity contribution in [1.82, 2.24) is 4.57 Å². The van der Waals surface area contributed by atoms with Crippen LogP contribution in [0.2, 0.25) is 0 Å². The molecular formula is C43H47N. The molecule has 6 aromatic rings. The van der Waals surface area contributed by atoms with E-state index in [0.717, 1.165) is 0 Å². The Morgan fingerprint density at radius 1 is 0.455 bits per heavy atom. The first-order chi connectivity index (χ1) is 21.7. The summed E-state index contributed by atoms with van der Waals surface area (Å²) in [6.07, 6.45) is 15.0. The van der Waals surface area contributed by atoms with E-state index in [4.69, 9.17) is 0 Å². The minimum Gasteiger partial charge on any atom is -0.309 e. The molecule has 0 spiro atoms. The van der Waals surface area contributed by atoms with Gasteiger partial charge in [0.25, 0.3) is 0 Å². The molecule has 6 rings (SSSR count).